The first kappa shape index (κ1) is 19.8. The second-order valence-corrected chi connectivity index (χ2v) is 8.66. The fourth-order valence-corrected chi connectivity index (χ4v) is 4.55. The lowest BCUT2D eigenvalue weighted by molar-refractivity contribution is -0.116. The summed E-state index contributed by atoms with van der Waals surface area (Å²) in [5.74, 6) is 3.67. The molecule has 7 nitrogen and oxygen atoms in total. The number of nitrogens with one attached hydrogen (secondary N) is 1. The molecule has 2 aromatic rings. The van der Waals surface area contributed by atoms with Gasteiger partial charge in [-0.05, 0) is 30.9 Å². The average molecular weight is 415 g/mol. The molecule has 1 aliphatic carbocycles. The number of rotatable bonds is 6. The van der Waals surface area contributed by atoms with Crippen LogP contribution in [0.2, 0.25) is 0 Å². The molecule has 0 fully saturated rings. The highest BCUT2D eigenvalue weighted by atomic mass is 32.2. The number of ether oxygens (including phenoxy) is 2. The first-order valence-electron chi connectivity index (χ1n) is 9.86. The zero-order valence-corrected chi connectivity index (χ0v) is 18.0. The molecule has 1 N–H and O–H groups in total. The SMILES string of the molecule is COc1ccc([C@@H]2C3=C(CCCC3=O)Nc3nc(SCC(C)C)nn32)c(OC)c1. The van der Waals surface area contributed by atoms with E-state index in [1.807, 2.05) is 22.9 Å². The van der Waals surface area contributed by atoms with Crippen LogP contribution in [0.15, 0.2) is 34.6 Å². The molecule has 0 radical (unpaired) electrons. The van der Waals surface area contributed by atoms with E-state index in [-0.39, 0.29) is 11.8 Å². The monoisotopic (exact) mass is 414 g/mol. The molecular formula is C21H26N4O3S. The predicted molar refractivity (Wildman–Crippen MR) is 113 cm³/mol. The molecule has 2 aliphatic rings. The smallest absolute Gasteiger partial charge is 0.227 e. The molecule has 1 aromatic heterocycles. The van der Waals surface area contributed by atoms with Gasteiger partial charge in [-0.15, -0.1) is 5.10 Å². The molecule has 0 saturated carbocycles. The Labute approximate surface area is 174 Å². The average Bonchev–Trinajstić information content (AvgIpc) is 3.13. The van der Waals surface area contributed by atoms with Crippen LogP contribution >= 0.6 is 11.8 Å². The first-order valence-corrected chi connectivity index (χ1v) is 10.8. The number of allylic oxidation sites excluding steroid dienone is 2. The van der Waals surface area contributed by atoms with E-state index in [9.17, 15) is 4.79 Å². The van der Waals surface area contributed by atoms with Crippen LogP contribution in [0.3, 0.4) is 0 Å². The lowest BCUT2D eigenvalue weighted by Gasteiger charge is -2.32. The Kier molecular flexibility index (Phi) is 5.54. The molecule has 4 rings (SSSR count). The highest BCUT2D eigenvalue weighted by molar-refractivity contribution is 7.99. The number of thioether (sulfide) groups is 1. The lowest BCUT2D eigenvalue weighted by Crippen LogP contribution is -2.31. The highest BCUT2D eigenvalue weighted by Crippen LogP contribution is 2.44. The molecule has 0 bridgehead atoms. The number of methoxy groups -OCH3 is 2. The molecule has 1 aromatic carbocycles. The van der Waals surface area contributed by atoms with Gasteiger partial charge in [0.1, 0.15) is 17.5 Å². The van der Waals surface area contributed by atoms with Gasteiger partial charge in [-0.3, -0.25) is 4.79 Å². The summed E-state index contributed by atoms with van der Waals surface area (Å²) in [6.45, 7) is 4.34. The molecule has 0 spiro atoms. The molecule has 29 heavy (non-hydrogen) atoms. The maximum absolute atomic E-state index is 12.9. The van der Waals surface area contributed by atoms with Crippen LogP contribution in [-0.2, 0) is 4.79 Å². The van der Waals surface area contributed by atoms with Crippen molar-refractivity contribution in [1.82, 2.24) is 14.8 Å². The van der Waals surface area contributed by atoms with Crippen molar-refractivity contribution in [2.45, 2.75) is 44.3 Å². The Bertz CT molecular complexity index is 967. The minimum Gasteiger partial charge on any atom is -0.497 e. The van der Waals surface area contributed by atoms with Gasteiger partial charge < -0.3 is 14.8 Å². The molecule has 8 heteroatoms. The molecule has 0 unspecified atom stereocenters. The van der Waals surface area contributed by atoms with Crippen molar-refractivity contribution >= 4 is 23.5 Å². The summed E-state index contributed by atoms with van der Waals surface area (Å²) in [6, 6.07) is 5.32. The molecule has 0 amide bonds. The number of carbonyl (C=O) groups is 1. The third-order valence-corrected chi connectivity index (χ3v) is 6.39. The summed E-state index contributed by atoms with van der Waals surface area (Å²) in [4.78, 5) is 17.6. The van der Waals surface area contributed by atoms with Gasteiger partial charge >= 0.3 is 0 Å². The molecule has 1 aliphatic heterocycles. The van der Waals surface area contributed by atoms with Crippen LogP contribution in [0, 0.1) is 5.92 Å². The number of nitrogens with zero attached hydrogens (tertiary/aromatic N) is 3. The standard InChI is InChI=1S/C21H26N4O3S/c1-12(2)11-29-21-23-20-22-15-6-5-7-16(26)18(15)19(25(20)24-21)14-9-8-13(27-3)10-17(14)28-4/h8-10,12,19H,5-7,11H2,1-4H3,(H,22,23,24)/t19-/m1/s1. The number of fused-ring (bicyclic) bond motifs is 1. The Morgan fingerprint density at radius 2 is 2.10 bits per heavy atom. The fraction of sp³-hybridized carbons (Fsp3) is 0.476. The topological polar surface area (TPSA) is 78.3 Å². The molecule has 2 heterocycles. The van der Waals surface area contributed by atoms with Crippen molar-refractivity contribution in [3.63, 3.8) is 0 Å². The Morgan fingerprint density at radius 3 is 2.83 bits per heavy atom. The number of carbonyl (C=O) groups excluding carboxylic acids is 1. The first-order chi connectivity index (χ1) is 14.0. The quantitative estimate of drug-likeness (QED) is 0.714. The third kappa shape index (κ3) is 3.73. The van der Waals surface area contributed by atoms with E-state index in [0.717, 1.165) is 35.4 Å². The van der Waals surface area contributed by atoms with Crippen molar-refractivity contribution < 1.29 is 14.3 Å². The maximum atomic E-state index is 12.9. The summed E-state index contributed by atoms with van der Waals surface area (Å²) >= 11 is 1.63. The largest absolute Gasteiger partial charge is 0.497 e. The number of hydrogen-bond donors (Lipinski definition) is 1. The molecular weight excluding hydrogens is 388 g/mol. The zero-order chi connectivity index (χ0) is 20.5. The van der Waals surface area contributed by atoms with Crippen LogP contribution in [0.25, 0.3) is 0 Å². The van der Waals surface area contributed by atoms with E-state index in [2.05, 4.69) is 19.2 Å². The molecule has 1 atom stereocenters. The summed E-state index contributed by atoms with van der Waals surface area (Å²) in [7, 11) is 3.25. The molecule has 0 saturated heterocycles. The normalized spacial score (nSPS) is 18.4. The number of anilines is 1. The van der Waals surface area contributed by atoms with Crippen LogP contribution in [0.1, 0.15) is 44.7 Å². The zero-order valence-electron chi connectivity index (χ0n) is 17.2. The maximum Gasteiger partial charge on any atom is 0.227 e. The van der Waals surface area contributed by atoms with E-state index >= 15 is 0 Å². The van der Waals surface area contributed by atoms with E-state index in [0.29, 0.717) is 34.9 Å². The van der Waals surface area contributed by atoms with E-state index < -0.39 is 0 Å². The molecule has 154 valence electrons. The van der Waals surface area contributed by atoms with Gasteiger partial charge in [0.25, 0.3) is 0 Å². The van der Waals surface area contributed by atoms with Crippen molar-refractivity contribution in [2.24, 2.45) is 5.92 Å². The van der Waals surface area contributed by atoms with Crippen LogP contribution in [-0.4, -0.2) is 40.5 Å². The van der Waals surface area contributed by atoms with Gasteiger partial charge in [0, 0.05) is 35.1 Å². The van der Waals surface area contributed by atoms with Gasteiger partial charge in [-0.1, -0.05) is 25.6 Å². The second kappa shape index (κ2) is 8.10. The van der Waals surface area contributed by atoms with E-state index in [1.165, 1.54) is 0 Å². The predicted octanol–water partition coefficient (Wildman–Crippen LogP) is 4.07. The van der Waals surface area contributed by atoms with Crippen LogP contribution in [0.4, 0.5) is 5.95 Å². The van der Waals surface area contributed by atoms with Crippen molar-refractivity contribution in [2.75, 3.05) is 25.3 Å². The number of Topliss-reactive ketones (excluding diaryl/α,β-unsaturated/α-hetero) is 1. The number of hydrogen-bond acceptors (Lipinski definition) is 7. The van der Waals surface area contributed by atoms with Gasteiger partial charge in [0.2, 0.25) is 11.1 Å². The Morgan fingerprint density at radius 1 is 1.28 bits per heavy atom. The van der Waals surface area contributed by atoms with Gasteiger partial charge in [-0.25, -0.2) is 4.68 Å². The van der Waals surface area contributed by atoms with Gasteiger partial charge in [0.05, 0.1) is 14.2 Å². The number of aromatic nitrogens is 3. The van der Waals surface area contributed by atoms with Gasteiger partial charge in [-0.2, -0.15) is 4.98 Å². The van der Waals surface area contributed by atoms with Crippen molar-refractivity contribution in [3.05, 3.63) is 35.0 Å². The van der Waals surface area contributed by atoms with E-state index in [4.69, 9.17) is 19.6 Å². The minimum atomic E-state index is -0.365. The second-order valence-electron chi connectivity index (χ2n) is 7.67. The number of benzene rings is 1. The lowest BCUT2D eigenvalue weighted by atomic mass is 9.85. The third-order valence-electron chi connectivity index (χ3n) is 5.13. The number of ketones is 1. The highest BCUT2D eigenvalue weighted by Gasteiger charge is 2.38. The van der Waals surface area contributed by atoms with E-state index in [1.54, 1.807) is 26.0 Å². The summed E-state index contributed by atoms with van der Waals surface area (Å²) < 4.78 is 12.8. The van der Waals surface area contributed by atoms with Gasteiger partial charge in [0.15, 0.2) is 5.78 Å². The van der Waals surface area contributed by atoms with Crippen LogP contribution in [0.5, 0.6) is 11.5 Å². The minimum absolute atomic E-state index is 0.152. The van der Waals surface area contributed by atoms with Crippen molar-refractivity contribution in [3.8, 4) is 11.5 Å². The Hall–Kier alpha value is -2.48. The fourth-order valence-electron chi connectivity index (χ4n) is 3.77. The van der Waals surface area contributed by atoms with Crippen LogP contribution < -0.4 is 14.8 Å². The summed E-state index contributed by atoms with van der Waals surface area (Å²) in [5.41, 5.74) is 2.59. The Balaban J connectivity index is 1.83. The van der Waals surface area contributed by atoms with Crippen molar-refractivity contribution in [1.29, 1.82) is 0 Å². The summed E-state index contributed by atoms with van der Waals surface area (Å²) in [6.07, 6.45) is 2.23. The summed E-state index contributed by atoms with van der Waals surface area (Å²) in [5, 5.41) is 8.84.